The highest BCUT2D eigenvalue weighted by atomic mass is 16.4. The van der Waals surface area contributed by atoms with E-state index in [0.717, 1.165) is 18.4 Å². The van der Waals surface area contributed by atoms with Crippen LogP contribution in [-0.4, -0.2) is 23.0 Å². The first-order valence-corrected chi connectivity index (χ1v) is 6.33. The van der Waals surface area contributed by atoms with Crippen molar-refractivity contribution >= 4 is 17.6 Å². The Kier molecular flexibility index (Phi) is 5.51. The zero-order valence-corrected chi connectivity index (χ0v) is 11.3. The van der Waals surface area contributed by atoms with Crippen molar-refractivity contribution in [2.45, 2.75) is 39.2 Å². The molecule has 0 heterocycles. The number of aromatic carboxylic acids is 1. The average Bonchev–Trinajstić information content (AvgIpc) is 2.31. The molecule has 0 saturated carbocycles. The third-order valence-corrected chi connectivity index (χ3v) is 2.87. The maximum Gasteiger partial charge on any atom is 0.335 e. The van der Waals surface area contributed by atoms with E-state index in [1.54, 1.807) is 6.07 Å². The highest BCUT2D eigenvalue weighted by Gasteiger charge is 2.11. The molecule has 0 aliphatic carbocycles. The summed E-state index contributed by atoms with van der Waals surface area (Å²) in [6.07, 6.45) is 1.97. The van der Waals surface area contributed by atoms with Crippen molar-refractivity contribution in [2.24, 2.45) is 5.73 Å². The molecule has 0 radical (unpaired) electrons. The van der Waals surface area contributed by atoms with E-state index in [2.05, 4.69) is 5.32 Å². The van der Waals surface area contributed by atoms with Crippen LogP contribution in [0.25, 0.3) is 0 Å². The minimum absolute atomic E-state index is 0.152. The second-order valence-electron chi connectivity index (χ2n) is 4.64. The fraction of sp³-hybridized carbons (Fsp3) is 0.429. The number of nitrogens with two attached hydrogens (primary N) is 1. The molecule has 19 heavy (non-hydrogen) atoms. The summed E-state index contributed by atoms with van der Waals surface area (Å²) in [5, 5.41) is 11.6. The molecule has 0 aromatic heterocycles. The molecule has 1 amide bonds. The first kappa shape index (κ1) is 15.2. The largest absolute Gasteiger partial charge is 0.478 e. The van der Waals surface area contributed by atoms with Gasteiger partial charge in [0.2, 0.25) is 5.91 Å². The van der Waals surface area contributed by atoms with Crippen LogP contribution in [0.15, 0.2) is 18.2 Å². The van der Waals surface area contributed by atoms with Gasteiger partial charge in [0, 0.05) is 18.2 Å². The molecule has 5 nitrogen and oxygen atoms in total. The number of nitrogens with one attached hydrogen (secondary N) is 1. The lowest BCUT2D eigenvalue weighted by molar-refractivity contribution is -0.116. The molecule has 1 rings (SSSR count). The Morgan fingerprint density at radius 2 is 2.11 bits per heavy atom. The molecule has 1 atom stereocenters. The summed E-state index contributed by atoms with van der Waals surface area (Å²) in [5.74, 6) is -1.20. The van der Waals surface area contributed by atoms with Gasteiger partial charge in [-0.15, -0.1) is 0 Å². The minimum atomic E-state index is -1.02. The van der Waals surface area contributed by atoms with Crippen LogP contribution >= 0.6 is 0 Å². The van der Waals surface area contributed by atoms with E-state index in [4.69, 9.17) is 10.8 Å². The Morgan fingerprint density at radius 1 is 1.42 bits per heavy atom. The van der Waals surface area contributed by atoms with E-state index in [9.17, 15) is 9.59 Å². The van der Waals surface area contributed by atoms with Gasteiger partial charge in [-0.2, -0.15) is 0 Å². The van der Waals surface area contributed by atoms with Crippen LogP contribution in [0.1, 0.15) is 42.1 Å². The molecule has 104 valence electrons. The van der Waals surface area contributed by atoms with Crippen LogP contribution in [0.2, 0.25) is 0 Å². The van der Waals surface area contributed by atoms with Gasteiger partial charge < -0.3 is 16.2 Å². The van der Waals surface area contributed by atoms with E-state index in [1.165, 1.54) is 12.1 Å². The normalized spacial score (nSPS) is 11.9. The van der Waals surface area contributed by atoms with Gasteiger partial charge in [-0.1, -0.05) is 19.4 Å². The summed E-state index contributed by atoms with van der Waals surface area (Å²) < 4.78 is 0. The minimum Gasteiger partial charge on any atom is -0.478 e. The molecule has 1 aromatic carbocycles. The monoisotopic (exact) mass is 264 g/mol. The maximum absolute atomic E-state index is 11.8. The van der Waals surface area contributed by atoms with Crippen LogP contribution < -0.4 is 11.1 Å². The summed E-state index contributed by atoms with van der Waals surface area (Å²) in [7, 11) is 0. The highest BCUT2D eigenvalue weighted by molar-refractivity contribution is 5.94. The Labute approximate surface area is 112 Å². The second kappa shape index (κ2) is 6.89. The fourth-order valence-electron chi connectivity index (χ4n) is 1.80. The van der Waals surface area contributed by atoms with Crippen LogP contribution in [-0.2, 0) is 4.79 Å². The topological polar surface area (TPSA) is 92.4 Å². The standard InChI is InChI=1S/C14H20N2O3/c1-3-4-11(15)8-13(17)16-12-7-10(14(18)19)6-5-9(12)2/h5-7,11H,3-4,8,15H2,1-2H3,(H,16,17)(H,18,19). The molecule has 0 aliphatic rings. The molecule has 0 bridgehead atoms. The van der Waals surface area contributed by atoms with E-state index in [1.807, 2.05) is 13.8 Å². The third-order valence-electron chi connectivity index (χ3n) is 2.87. The summed E-state index contributed by atoms with van der Waals surface area (Å²) >= 11 is 0. The molecule has 0 spiro atoms. The zero-order chi connectivity index (χ0) is 14.4. The molecule has 1 aromatic rings. The van der Waals surface area contributed by atoms with Gasteiger partial charge in [0.15, 0.2) is 0 Å². The predicted octanol–water partition coefficient (Wildman–Crippen LogP) is 2.15. The summed E-state index contributed by atoms with van der Waals surface area (Å²) in [6, 6.07) is 4.48. The number of carboxylic acid groups (broad SMARTS) is 1. The van der Waals surface area contributed by atoms with Gasteiger partial charge in [-0.05, 0) is 31.0 Å². The second-order valence-corrected chi connectivity index (χ2v) is 4.64. The Bertz CT molecular complexity index is 472. The van der Waals surface area contributed by atoms with Gasteiger partial charge >= 0.3 is 5.97 Å². The number of carbonyl (C=O) groups is 2. The number of carboxylic acids is 1. The van der Waals surface area contributed by atoms with E-state index in [0.29, 0.717) is 5.69 Å². The number of rotatable bonds is 6. The summed E-state index contributed by atoms with van der Waals surface area (Å²) in [4.78, 5) is 22.7. The van der Waals surface area contributed by atoms with Crippen molar-refractivity contribution < 1.29 is 14.7 Å². The first-order valence-electron chi connectivity index (χ1n) is 6.33. The molecule has 5 heteroatoms. The van der Waals surface area contributed by atoms with Crippen molar-refractivity contribution in [3.63, 3.8) is 0 Å². The Hall–Kier alpha value is -1.88. The third kappa shape index (κ3) is 4.71. The van der Waals surface area contributed by atoms with Crippen molar-refractivity contribution in [3.05, 3.63) is 29.3 Å². The number of aryl methyl sites for hydroxylation is 1. The van der Waals surface area contributed by atoms with Crippen LogP contribution in [0.5, 0.6) is 0 Å². The quantitative estimate of drug-likeness (QED) is 0.734. The van der Waals surface area contributed by atoms with Crippen molar-refractivity contribution in [2.75, 3.05) is 5.32 Å². The molecule has 4 N–H and O–H groups in total. The van der Waals surface area contributed by atoms with Gasteiger partial charge in [-0.25, -0.2) is 4.79 Å². The lowest BCUT2D eigenvalue weighted by Gasteiger charge is -2.12. The van der Waals surface area contributed by atoms with Gasteiger partial charge in [0.1, 0.15) is 0 Å². The predicted molar refractivity (Wildman–Crippen MR) is 74.3 cm³/mol. The number of anilines is 1. The molecule has 0 aliphatic heterocycles. The SMILES string of the molecule is CCCC(N)CC(=O)Nc1cc(C(=O)O)ccc1C. The molecule has 0 saturated heterocycles. The van der Waals surface area contributed by atoms with E-state index in [-0.39, 0.29) is 23.9 Å². The van der Waals surface area contributed by atoms with Crippen molar-refractivity contribution in [1.82, 2.24) is 0 Å². The van der Waals surface area contributed by atoms with Crippen molar-refractivity contribution in [1.29, 1.82) is 0 Å². The van der Waals surface area contributed by atoms with Crippen LogP contribution in [0.4, 0.5) is 5.69 Å². The Morgan fingerprint density at radius 3 is 2.68 bits per heavy atom. The molecule has 1 unspecified atom stereocenters. The number of benzene rings is 1. The average molecular weight is 264 g/mol. The Balaban J connectivity index is 2.73. The van der Waals surface area contributed by atoms with Crippen molar-refractivity contribution in [3.8, 4) is 0 Å². The first-order chi connectivity index (χ1) is 8.93. The highest BCUT2D eigenvalue weighted by Crippen LogP contribution is 2.17. The number of amides is 1. The lowest BCUT2D eigenvalue weighted by Crippen LogP contribution is -2.27. The van der Waals surface area contributed by atoms with Crippen LogP contribution in [0, 0.1) is 6.92 Å². The number of hydrogen-bond donors (Lipinski definition) is 3. The summed E-state index contributed by atoms with van der Waals surface area (Å²) in [6.45, 7) is 3.82. The van der Waals surface area contributed by atoms with E-state index < -0.39 is 5.97 Å². The lowest BCUT2D eigenvalue weighted by atomic mass is 10.1. The molecular weight excluding hydrogens is 244 g/mol. The zero-order valence-electron chi connectivity index (χ0n) is 11.3. The fourth-order valence-corrected chi connectivity index (χ4v) is 1.80. The smallest absolute Gasteiger partial charge is 0.335 e. The number of carbonyl (C=O) groups excluding carboxylic acids is 1. The van der Waals surface area contributed by atoms with Gasteiger partial charge in [0.25, 0.3) is 0 Å². The number of hydrogen-bond acceptors (Lipinski definition) is 3. The van der Waals surface area contributed by atoms with Gasteiger partial charge in [0.05, 0.1) is 5.56 Å². The van der Waals surface area contributed by atoms with E-state index >= 15 is 0 Å². The maximum atomic E-state index is 11.8. The van der Waals surface area contributed by atoms with Crippen LogP contribution in [0.3, 0.4) is 0 Å². The molecule has 0 fully saturated rings. The summed E-state index contributed by atoms with van der Waals surface area (Å²) in [5.41, 5.74) is 7.30. The molecular formula is C14H20N2O3. The van der Waals surface area contributed by atoms with Gasteiger partial charge in [-0.3, -0.25) is 4.79 Å².